The van der Waals surface area contributed by atoms with E-state index in [4.69, 9.17) is 0 Å². The van der Waals surface area contributed by atoms with E-state index in [0.29, 0.717) is 16.3 Å². The normalized spacial score (nSPS) is 12.2. The van der Waals surface area contributed by atoms with Crippen LogP contribution in [0.25, 0.3) is 10.6 Å². The van der Waals surface area contributed by atoms with Gasteiger partial charge in [0.1, 0.15) is 10.8 Å². The molecule has 2 rings (SSSR count). The maximum absolute atomic E-state index is 13.3. The van der Waals surface area contributed by atoms with Crippen LogP contribution in [0.5, 0.6) is 0 Å². The van der Waals surface area contributed by atoms with Crippen LogP contribution in [-0.4, -0.2) is 36.4 Å². The Morgan fingerprint density at radius 3 is 2.68 bits per heavy atom. The number of hydrogen-bond donors (Lipinski definition) is 1. The molecule has 0 saturated heterocycles. The number of halogens is 1. The van der Waals surface area contributed by atoms with Gasteiger partial charge in [0, 0.05) is 17.5 Å². The number of rotatable bonds is 6. The third-order valence-electron chi connectivity index (χ3n) is 3.59. The monoisotopic (exact) mass is 384 g/mol. The van der Waals surface area contributed by atoms with Gasteiger partial charge in [-0.1, -0.05) is 12.1 Å². The number of thiazole rings is 1. The summed E-state index contributed by atoms with van der Waals surface area (Å²) in [5.41, 5.74) is 1.23. The summed E-state index contributed by atoms with van der Waals surface area (Å²) in [6.45, 7) is 4.97. The fourth-order valence-electron chi connectivity index (χ4n) is 2.00. The first-order valence-corrected chi connectivity index (χ1v) is 10.3. The maximum atomic E-state index is 13.3. The standard InChI is InChI=1S/C17H21FN2O3S2/c1-17(2,3)25(22,23)8-7-19-15(21)10-14-11-24-16(20-14)12-5-4-6-13(18)9-12/h4-6,9,11H,7-8,10H2,1-3H3,(H,19,21). The van der Waals surface area contributed by atoms with E-state index in [0.717, 1.165) is 0 Å². The predicted molar refractivity (Wildman–Crippen MR) is 97.8 cm³/mol. The van der Waals surface area contributed by atoms with Gasteiger partial charge in [-0.3, -0.25) is 4.79 Å². The summed E-state index contributed by atoms with van der Waals surface area (Å²) in [5.74, 6) is -0.735. The van der Waals surface area contributed by atoms with Crippen molar-refractivity contribution in [3.63, 3.8) is 0 Å². The van der Waals surface area contributed by atoms with Crippen molar-refractivity contribution in [3.8, 4) is 10.6 Å². The second kappa shape index (κ2) is 7.61. The SMILES string of the molecule is CC(C)(C)S(=O)(=O)CCNC(=O)Cc1csc(-c2cccc(F)c2)n1. The molecule has 0 radical (unpaired) electrons. The lowest BCUT2D eigenvalue weighted by molar-refractivity contribution is -0.120. The Bertz CT molecular complexity index is 855. The molecule has 0 spiro atoms. The maximum Gasteiger partial charge on any atom is 0.226 e. The number of aromatic nitrogens is 1. The van der Waals surface area contributed by atoms with Crippen molar-refractivity contribution in [2.75, 3.05) is 12.3 Å². The molecule has 8 heteroatoms. The van der Waals surface area contributed by atoms with Gasteiger partial charge in [0.05, 0.1) is 22.6 Å². The molecule has 25 heavy (non-hydrogen) atoms. The summed E-state index contributed by atoms with van der Waals surface area (Å²) in [5, 5.41) is 4.98. The highest BCUT2D eigenvalue weighted by Gasteiger charge is 2.28. The number of nitrogens with one attached hydrogen (secondary N) is 1. The molecule has 0 bridgehead atoms. The minimum atomic E-state index is -3.27. The Morgan fingerprint density at radius 2 is 2.04 bits per heavy atom. The fraction of sp³-hybridized carbons (Fsp3) is 0.412. The van der Waals surface area contributed by atoms with Crippen molar-refractivity contribution < 1.29 is 17.6 Å². The van der Waals surface area contributed by atoms with Crippen LogP contribution < -0.4 is 5.32 Å². The van der Waals surface area contributed by atoms with E-state index < -0.39 is 14.6 Å². The molecule has 1 aromatic heterocycles. The van der Waals surface area contributed by atoms with Gasteiger partial charge >= 0.3 is 0 Å². The highest BCUT2D eigenvalue weighted by atomic mass is 32.2. The molecule has 2 aromatic rings. The summed E-state index contributed by atoms with van der Waals surface area (Å²) < 4.78 is 36.4. The highest BCUT2D eigenvalue weighted by Crippen LogP contribution is 2.24. The number of carbonyl (C=O) groups excluding carboxylic acids is 1. The lowest BCUT2D eigenvalue weighted by atomic mass is 10.2. The first-order chi connectivity index (χ1) is 11.6. The number of nitrogens with zero attached hydrogens (tertiary/aromatic N) is 1. The van der Waals surface area contributed by atoms with Crippen LogP contribution in [0.15, 0.2) is 29.6 Å². The van der Waals surface area contributed by atoms with E-state index >= 15 is 0 Å². The second-order valence-electron chi connectivity index (χ2n) is 6.61. The molecule has 1 amide bonds. The molecule has 0 saturated carbocycles. The number of amides is 1. The van der Waals surface area contributed by atoms with Crippen LogP contribution in [0.4, 0.5) is 4.39 Å². The third kappa shape index (κ3) is 5.34. The second-order valence-corrected chi connectivity index (χ2v) is 10.3. The number of carbonyl (C=O) groups is 1. The lowest BCUT2D eigenvalue weighted by Crippen LogP contribution is -2.36. The Balaban J connectivity index is 1.90. The van der Waals surface area contributed by atoms with Crippen LogP contribution in [0.2, 0.25) is 0 Å². The average molecular weight is 384 g/mol. The zero-order valence-electron chi connectivity index (χ0n) is 14.4. The van der Waals surface area contributed by atoms with Crippen molar-refractivity contribution in [2.24, 2.45) is 0 Å². The Kier molecular flexibility index (Phi) is 5.95. The molecule has 136 valence electrons. The van der Waals surface area contributed by atoms with E-state index in [2.05, 4.69) is 10.3 Å². The Hall–Kier alpha value is -1.80. The smallest absolute Gasteiger partial charge is 0.226 e. The molecule has 0 atom stereocenters. The Morgan fingerprint density at radius 1 is 1.32 bits per heavy atom. The summed E-state index contributed by atoms with van der Waals surface area (Å²) in [4.78, 5) is 16.3. The van der Waals surface area contributed by atoms with E-state index in [-0.39, 0.29) is 30.4 Å². The summed E-state index contributed by atoms with van der Waals surface area (Å²) >= 11 is 1.33. The largest absolute Gasteiger partial charge is 0.355 e. The molecule has 0 unspecified atom stereocenters. The Labute approximate surface area is 151 Å². The molecular formula is C17H21FN2O3S2. The van der Waals surface area contributed by atoms with Gasteiger partial charge in [-0.15, -0.1) is 11.3 Å². The van der Waals surface area contributed by atoms with Crippen LogP contribution in [-0.2, 0) is 21.1 Å². The molecule has 0 aliphatic carbocycles. The van der Waals surface area contributed by atoms with Gasteiger partial charge in [0.25, 0.3) is 0 Å². The van der Waals surface area contributed by atoms with Crippen LogP contribution in [0, 0.1) is 5.82 Å². The quantitative estimate of drug-likeness (QED) is 0.831. The van der Waals surface area contributed by atoms with Crippen molar-refractivity contribution >= 4 is 27.1 Å². The topological polar surface area (TPSA) is 76.1 Å². The van der Waals surface area contributed by atoms with Crippen LogP contribution in [0.3, 0.4) is 0 Å². The molecule has 0 aliphatic rings. The van der Waals surface area contributed by atoms with E-state index in [1.54, 1.807) is 38.3 Å². The van der Waals surface area contributed by atoms with Crippen LogP contribution >= 0.6 is 11.3 Å². The summed E-state index contributed by atoms with van der Waals surface area (Å²) in [7, 11) is -3.27. The number of sulfone groups is 1. The minimum Gasteiger partial charge on any atom is -0.355 e. The van der Waals surface area contributed by atoms with Gasteiger partial charge in [0.2, 0.25) is 5.91 Å². The molecule has 0 fully saturated rings. The highest BCUT2D eigenvalue weighted by molar-refractivity contribution is 7.92. The van der Waals surface area contributed by atoms with Gasteiger partial charge in [0.15, 0.2) is 9.84 Å². The predicted octanol–water partition coefficient (Wildman–Crippen LogP) is 2.82. The molecule has 0 aliphatic heterocycles. The number of hydrogen-bond acceptors (Lipinski definition) is 5. The van der Waals surface area contributed by atoms with E-state index in [1.165, 1.54) is 23.5 Å². The van der Waals surface area contributed by atoms with Crippen LogP contribution in [0.1, 0.15) is 26.5 Å². The first kappa shape index (κ1) is 19.5. The fourth-order valence-corrected chi connectivity index (χ4v) is 3.80. The summed E-state index contributed by atoms with van der Waals surface area (Å²) in [6.07, 6.45) is 0.0569. The third-order valence-corrected chi connectivity index (χ3v) is 7.14. The number of benzene rings is 1. The zero-order chi connectivity index (χ0) is 18.7. The van der Waals surface area contributed by atoms with Gasteiger partial charge in [-0.25, -0.2) is 17.8 Å². The van der Waals surface area contributed by atoms with Crippen molar-refractivity contribution in [2.45, 2.75) is 31.9 Å². The lowest BCUT2D eigenvalue weighted by Gasteiger charge is -2.19. The van der Waals surface area contributed by atoms with E-state index in [9.17, 15) is 17.6 Å². The van der Waals surface area contributed by atoms with Crippen molar-refractivity contribution in [1.82, 2.24) is 10.3 Å². The van der Waals surface area contributed by atoms with Crippen molar-refractivity contribution in [1.29, 1.82) is 0 Å². The minimum absolute atomic E-state index is 0.0569. The molecular weight excluding hydrogens is 363 g/mol. The molecule has 1 aromatic carbocycles. The molecule has 1 heterocycles. The molecule has 5 nitrogen and oxygen atoms in total. The zero-order valence-corrected chi connectivity index (χ0v) is 16.0. The first-order valence-electron chi connectivity index (χ1n) is 7.78. The van der Waals surface area contributed by atoms with Gasteiger partial charge in [-0.05, 0) is 32.9 Å². The van der Waals surface area contributed by atoms with Gasteiger partial charge in [-0.2, -0.15) is 0 Å². The van der Waals surface area contributed by atoms with E-state index in [1.807, 2.05) is 0 Å². The summed E-state index contributed by atoms with van der Waals surface area (Å²) in [6, 6.07) is 6.11. The van der Waals surface area contributed by atoms with Crippen molar-refractivity contribution in [3.05, 3.63) is 41.2 Å². The molecule has 1 N–H and O–H groups in total. The van der Waals surface area contributed by atoms with Gasteiger partial charge < -0.3 is 5.32 Å². The average Bonchev–Trinajstić information content (AvgIpc) is 2.94.